The molecule has 3 nitrogen and oxygen atoms in total. The lowest BCUT2D eigenvalue weighted by atomic mass is 9.85. The Hall–Kier alpha value is -1.06. The van der Waals surface area contributed by atoms with E-state index in [-0.39, 0.29) is 17.9 Å². The highest BCUT2D eigenvalue weighted by molar-refractivity contribution is 6.31. The summed E-state index contributed by atoms with van der Waals surface area (Å²) in [4.78, 5) is 11.5. The van der Waals surface area contributed by atoms with Crippen LogP contribution in [0.5, 0.6) is 0 Å². The summed E-state index contributed by atoms with van der Waals surface area (Å²) in [6, 6.07) is 8.60. The van der Waals surface area contributed by atoms with Crippen molar-refractivity contribution in [2.75, 3.05) is 7.11 Å². The minimum Gasteiger partial charge on any atom is -0.469 e. The maximum absolute atomic E-state index is 11.5. The van der Waals surface area contributed by atoms with E-state index < -0.39 is 0 Å². The monoisotopic (exact) mass is 295 g/mol. The lowest BCUT2D eigenvalue weighted by molar-refractivity contribution is -0.146. The van der Waals surface area contributed by atoms with Crippen molar-refractivity contribution in [3.8, 4) is 0 Å². The van der Waals surface area contributed by atoms with Crippen LogP contribution in [0.25, 0.3) is 0 Å². The average molecular weight is 296 g/mol. The molecule has 0 radical (unpaired) electrons. The molecule has 110 valence electrons. The number of hydrogen-bond acceptors (Lipinski definition) is 3. The standard InChI is InChI=1S/C16H22ClNO2/c1-11(14-5-3-4-6-15(14)17)18-13-9-7-12(8-10-13)16(19)20-2/h3-6,11-13,18H,7-10H2,1-2H3. The predicted molar refractivity (Wildman–Crippen MR) is 80.8 cm³/mol. The van der Waals surface area contributed by atoms with Crippen LogP contribution in [0.4, 0.5) is 0 Å². The summed E-state index contributed by atoms with van der Waals surface area (Å²) in [7, 11) is 1.46. The predicted octanol–water partition coefficient (Wildman–Crippen LogP) is 3.72. The molecule has 2 rings (SSSR count). The van der Waals surface area contributed by atoms with Crippen molar-refractivity contribution in [3.05, 3.63) is 34.9 Å². The molecule has 1 atom stereocenters. The third kappa shape index (κ3) is 3.74. The second-order valence-corrected chi connectivity index (χ2v) is 5.89. The smallest absolute Gasteiger partial charge is 0.308 e. The quantitative estimate of drug-likeness (QED) is 0.860. The SMILES string of the molecule is COC(=O)C1CCC(NC(C)c2ccccc2Cl)CC1. The van der Waals surface area contributed by atoms with E-state index >= 15 is 0 Å². The topological polar surface area (TPSA) is 38.3 Å². The van der Waals surface area contributed by atoms with Gasteiger partial charge in [0, 0.05) is 17.1 Å². The van der Waals surface area contributed by atoms with Crippen LogP contribution in [0.15, 0.2) is 24.3 Å². The van der Waals surface area contributed by atoms with Crippen LogP contribution in [-0.4, -0.2) is 19.1 Å². The molecule has 0 aliphatic heterocycles. The van der Waals surface area contributed by atoms with Crippen molar-refractivity contribution in [1.82, 2.24) is 5.32 Å². The molecule has 0 heterocycles. The molecule has 20 heavy (non-hydrogen) atoms. The molecule has 4 heteroatoms. The first-order chi connectivity index (χ1) is 9.61. The molecule has 0 saturated heterocycles. The number of halogens is 1. The fraction of sp³-hybridized carbons (Fsp3) is 0.562. The molecule has 1 fully saturated rings. The molecular weight excluding hydrogens is 274 g/mol. The number of hydrogen-bond donors (Lipinski definition) is 1. The zero-order valence-corrected chi connectivity index (χ0v) is 12.8. The highest BCUT2D eigenvalue weighted by Gasteiger charge is 2.27. The number of nitrogens with one attached hydrogen (secondary N) is 1. The summed E-state index contributed by atoms with van der Waals surface area (Å²) < 4.78 is 4.81. The number of rotatable bonds is 4. The van der Waals surface area contributed by atoms with Crippen LogP contribution in [0.1, 0.15) is 44.2 Å². The summed E-state index contributed by atoms with van der Waals surface area (Å²) in [5.74, 6) is 0.0104. The molecule has 0 amide bonds. The zero-order valence-electron chi connectivity index (χ0n) is 12.1. The van der Waals surface area contributed by atoms with Gasteiger partial charge < -0.3 is 10.1 Å². The zero-order chi connectivity index (χ0) is 14.5. The first-order valence-corrected chi connectivity index (χ1v) is 7.58. The Labute approximate surface area is 125 Å². The van der Waals surface area contributed by atoms with E-state index in [1.165, 1.54) is 7.11 Å². The minimum atomic E-state index is -0.0670. The van der Waals surface area contributed by atoms with Crippen LogP contribution >= 0.6 is 11.6 Å². The second-order valence-electron chi connectivity index (χ2n) is 5.48. The minimum absolute atomic E-state index is 0.0670. The van der Waals surface area contributed by atoms with E-state index in [9.17, 15) is 4.79 Å². The molecule has 1 aliphatic carbocycles. The Kier molecular flexibility index (Phi) is 5.44. The van der Waals surface area contributed by atoms with E-state index in [2.05, 4.69) is 18.3 Å². The van der Waals surface area contributed by atoms with Crippen molar-refractivity contribution in [1.29, 1.82) is 0 Å². The van der Waals surface area contributed by atoms with Crippen LogP contribution in [0.3, 0.4) is 0 Å². The number of carbonyl (C=O) groups is 1. The van der Waals surface area contributed by atoms with Gasteiger partial charge in [0.1, 0.15) is 0 Å². The lowest BCUT2D eigenvalue weighted by Gasteiger charge is -2.30. The third-order valence-corrected chi connectivity index (χ3v) is 4.46. The fourth-order valence-corrected chi connectivity index (χ4v) is 3.23. The Bertz CT molecular complexity index is 456. The van der Waals surface area contributed by atoms with Gasteiger partial charge in [-0.1, -0.05) is 29.8 Å². The average Bonchev–Trinajstić information content (AvgIpc) is 2.47. The molecule has 0 bridgehead atoms. The summed E-state index contributed by atoms with van der Waals surface area (Å²) in [6.45, 7) is 2.13. The summed E-state index contributed by atoms with van der Waals surface area (Å²) in [6.07, 6.45) is 3.82. The number of esters is 1. The van der Waals surface area contributed by atoms with Gasteiger partial charge in [-0.3, -0.25) is 4.79 Å². The van der Waals surface area contributed by atoms with E-state index in [4.69, 9.17) is 16.3 Å². The van der Waals surface area contributed by atoms with Crippen LogP contribution in [0, 0.1) is 5.92 Å². The Morgan fingerprint density at radius 1 is 1.30 bits per heavy atom. The van der Waals surface area contributed by atoms with Crippen molar-refractivity contribution in [2.45, 2.75) is 44.7 Å². The number of benzene rings is 1. The Morgan fingerprint density at radius 2 is 1.95 bits per heavy atom. The van der Waals surface area contributed by atoms with Crippen LogP contribution in [0.2, 0.25) is 5.02 Å². The second kappa shape index (κ2) is 7.09. The summed E-state index contributed by atoms with van der Waals surface area (Å²) in [5.41, 5.74) is 1.13. The Balaban J connectivity index is 1.87. The number of ether oxygens (including phenoxy) is 1. The summed E-state index contributed by atoms with van der Waals surface area (Å²) in [5, 5.41) is 4.42. The van der Waals surface area contributed by atoms with Gasteiger partial charge in [-0.05, 0) is 44.2 Å². The molecule has 1 unspecified atom stereocenters. The third-order valence-electron chi connectivity index (χ3n) is 4.12. The first kappa shape index (κ1) is 15.3. The molecule has 0 aromatic heterocycles. The maximum Gasteiger partial charge on any atom is 0.308 e. The molecule has 1 aromatic carbocycles. The van der Waals surface area contributed by atoms with Gasteiger partial charge in [0.25, 0.3) is 0 Å². The maximum atomic E-state index is 11.5. The van der Waals surface area contributed by atoms with E-state index in [0.29, 0.717) is 6.04 Å². The normalized spacial score (nSPS) is 24.1. The highest BCUT2D eigenvalue weighted by atomic mass is 35.5. The van der Waals surface area contributed by atoms with Gasteiger partial charge >= 0.3 is 5.97 Å². The molecule has 1 N–H and O–H groups in total. The molecule has 1 aliphatic rings. The van der Waals surface area contributed by atoms with E-state index in [1.54, 1.807) is 0 Å². The van der Waals surface area contributed by atoms with Crippen molar-refractivity contribution < 1.29 is 9.53 Å². The van der Waals surface area contributed by atoms with Gasteiger partial charge in [0.05, 0.1) is 13.0 Å². The van der Waals surface area contributed by atoms with Gasteiger partial charge in [-0.15, -0.1) is 0 Å². The van der Waals surface area contributed by atoms with Gasteiger partial charge in [-0.2, -0.15) is 0 Å². The van der Waals surface area contributed by atoms with Crippen LogP contribution in [-0.2, 0) is 9.53 Å². The van der Waals surface area contributed by atoms with Gasteiger partial charge in [0.15, 0.2) is 0 Å². The first-order valence-electron chi connectivity index (χ1n) is 7.20. The molecular formula is C16H22ClNO2. The molecule has 0 spiro atoms. The molecule has 1 aromatic rings. The lowest BCUT2D eigenvalue weighted by Crippen LogP contribution is -2.36. The van der Waals surface area contributed by atoms with Crippen LogP contribution < -0.4 is 5.32 Å². The number of carbonyl (C=O) groups excluding carboxylic acids is 1. The largest absolute Gasteiger partial charge is 0.469 e. The van der Waals surface area contributed by atoms with Gasteiger partial charge in [0.2, 0.25) is 0 Å². The van der Waals surface area contributed by atoms with E-state index in [1.807, 2.05) is 18.2 Å². The van der Waals surface area contributed by atoms with Gasteiger partial charge in [-0.25, -0.2) is 0 Å². The van der Waals surface area contributed by atoms with Crippen molar-refractivity contribution in [2.24, 2.45) is 5.92 Å². The van der Waals surface area contributed by atoms with Crippen molar-refractivity contribution >= 4 is 17.6 Å². The fourth-order valence-electron chi connectivity index (χ4n) is 2.93. The van der Waals surface area contributed by atoms with Crippen molar-refractivity contribution in [3.63, 3.8) is 0 Å². The molecule has 1 saturated carbocycles. The van der Waals surface area contributed by atoms with E-state index in [0.717, 1.165) is 36.3 Å². The number of methoxy groups -OCH3 is 1. The summed E-state index contributed by atoms with van der Waals surface area (Å²) >= 11 is 6.22. The highest BCUT2D eigenvalue weighted by Crippen LogP contribution is 2.28. The Morgan fingerprint density at radius 3 is 2.55 bits per heavy atom.